The van der Waals surface area contributed by atoms with E-state index in [0.29, 0.717) is 31.3 Å². The molecule has 0 fully saturated rings. The Kier molecular flexibility index (Phi) is 6.55. The molecule has 0 radical (unpaired) electrons. The Hall–Kier alpha value is -2.04. The molecular weight excluding hydrogens is 495 g/mol. The van der Waals surface area contributed by atoms with Crippen LogP contribution in [0.15, 0.2) is 70.0 Å². The molecule has 0 amide bonds. The standard InChI is InChI=1S/C21H15BrCl2N2O2S/c1-13-10-16(17(12-25)14-6-8-15(23)9-7-14)19(24)11-20(13)26-29(27,28)21-5-3-2-4-18(21)22/h2-11,17,26H,1H3. The summed E-state index contributed by atoms with van der Waals surface area (Å²) in [6.45, 7) is 1.76. The minimum absolute atomic E-state index is 0.121. The molecule has 0 aliphatic carbocycles. The summed E-state index contributed by atoms with van der Waals surface area (Å²) in [6, 6.07) is 19.0. The van der Waals surface area contributed by atoms with Crippen LogP contribution in [0.1, 0.15) is 22.6 Å². The van der Waals surface area contributed by atoms with Crippen molar-refractivity contribution in [3.63, 3.8) is 0 Å². The first-order chi connectivity index (χ1) is 13.7. The van der Waals surface area contributed by atoms with Gasteiger partial charge in [-0.1, -0.05) is 53.5 Å². The van der Waals surface area contributed by atoms with Gasteiger partial charge in [0.15, 0.2) is 0 Å². The average Bonchev–Trinajstić information content (AvgIpc) is 2.67. The summed E-state index contributed by atoms with van der Waals surface area (Å²) in [4.78, 5) is 0.121. The predicted molar refractivity (Wildman–Crippen MR) is 120 cm³/mol. The van der Waals surface area contributed by atoms with Crippen molar-refractivity contribution in [2.45, 2.75) is 17.7 Å². The van der Waals surface area contributed by atoms with Gasteiger partial charge in [-0.3, -0.25) is 4.72 Å². The third-order valence-electron chi connectivity index (χ3n) is 4.36. The first kappa shape index (κ1) is 21.7. The molecule has 1 unspecified atom stereocenters. The number of anilines is 1. The lowest BCUT2D eigenvalue weighted by atomic mass is 9.91. The maximum Gasteiger partial charge on any atom is 0.263 e. The monoisotopic (exact) mass is 508 g/mol. The van der Waals surface area contributed by atoms with Crippen LogP contribution < -0.4 is 4.72 Å². The fraction of sp³-hybridized carbons (Fsp3) is 0.0952. The second kappa shape index (κ2) is 8.76. The van der Waals surface area contributed by atoms with Crippen LogP contribution in [0.5, 0.6) is 0 Å². The van der Waals surface area contributed by atoms with Crippen LogP contribution in [0.4, 0.5) is 5.69 Å². The summed E-state index contributed by atoms with van der Waals surface area (Å²) in [5.74, 6) is -0.604. The van der Waals surface area contributed by atoms with E-state index in [9.17, 15) is 13.7 Å². The summed E-state index contributed by atoms with van der Waals surface area (Å²) >= 11 is 15.6. The van der Waals surface area contributed by atoms with Gasteiger partial charge in [-0.05, 0) is 69.9 Å². The van der Waals surface area contributed by atoms with Gasteiger partial charge in [0.1, 0.15) is 4.90 Å². The number of nitrogens with one attached hydrogen (secondary N) is 1. The van der Waals surface area contributed by atoms with Crippen LogP contribution in [0.25, 0.3) is 0 Å². The number of benzene rings is 3. The number of halogens is 3. The van der Waals surface area contributed by atoms with Crippen molar-refractivity contribution in [1.82, 2.24) is 0 Å². The van der Waals surface area contributed by atoms with Crippen molar-refractivity contribution in [2.75, 3.05) is 4.72 Å². The van der Waals surface area contributed by atoms with Gasteiger partial charge in [0.05, 0.1) is 17.7 Å². The van der Waals surface area contributed by atoms with Gasteiger partial charge in [0, 0.05) is 14.5 Å². The van der Waals surface area contributed by atoms with Crippen LogP contribution in [0, 0.1) is 18.3 Å². The Balaban J connectivity index is 1.98. The average molecular weight is 510 g/mol. The molecule has 0 aromatic heterocycles. The maximum atomic E-state index is 12.8. The number of hydrogen-bond acceptors (Lipinski definition) is 3. The molecule has 148 valence electrons. The Morgan fingerprint density at radius 1 is 1.07 bits per heavy atom. The lowest BCUT2D eigenvalue weighted by Gasteiger charge is -2.17. The molecule has 3 rings (SSSR count). The SMILES string of the molecule is Cc1cc(C(C#N)c2ccc(Cl)cc2)c(Cl)cc1NS(=O)(=O)c1ccccc1Br. The van der Waals surface area contributed by atoms with Crippen LogP contribution in [-0.2, 0) is 10.0 Å². The minimum Gasteiger partial charge on any atom is -0.279 e. The van der Waals surface area contributed by atoms with Crippen molar-refractivity contribution >= 4 is 54.8 Å². The highest BCUT2D eigenvalue weighted by atomic mass is 79.9. The molecule has 29 heavy (non-hydrogen) atoms. The van der Waals surface area contributed by atoms with E-state index in [0.717, 1.165) is 5.56 Å². The first-order valence-electron chi connectivity index (χ1n) is 8.45. The zero-order valence-corrected chi connectivity index (χ0v) is 19.1. The highest BCUT2D eigenvalue weighted by Crippen LogP contribution is 2.35. The first-order valence-corrected chi connectivity index (χ1v) is 11.5. The normalized spacial score (nSPS) is 12.2. The molecule has 8 heteroatoms. The molecule has 0 heterocycles. The molecule has 0 spiro atoms. The zero-order chi connectivity index (χ0) is 21.2. The van der Waals surface area contributed by atoms with Crippen LogP contribution >= 0.6 is 39.1 Å². The highest BCUT2D eigenvalue weighted by molar-refractivity contribution is 9.10. The van der Waals surface area contributed by atoms with E-state index in [1.807, 2.05) is 0 Å². The topological polar surface area (TPSA) is 70.0 Å². The quantitative estimate of drug-likeness (QED) is 0.425. The highest BCUT2D eigenvalue weighted by Gasteiger charge is 2.22. The molecule has 0 bridgehead atoms. The summed E-state index contributed by atoms with van der Waals surface area (Å²) in [7, 11) is -3.81. The Morgan fingerprint density at radius 2 is 1.72 bits per heavy atom. The van der Waals surface area contributed by atoms with E-state index in [-0.39, 0.29) is 4.90 Å². The van der Waals surface area contributed by atoms with Crippen LogP contribution in [-0.4, -0.2) is 8.42 Å². The van der Waals surface area contributed by atoms with Gasteiger partial charge in [0.2, 0.25) is 0 Å². The second-order valence-corrected chi connectivity index (χ2v) is 9.69. The van der Waals surface area contributed by atoms with Gasteiger partial charge in [-0.15, -0.1) is 0 Å². The van der Waals surface area contributed by atoms with E-state index in [4.69, 9.17) is 23.2 Å². The third kappa shape index (κ3) is 4.76. The molecular formula is C21H15BrCl2N2O2S. The fourth-order valence-corrected chi connectivity index (χ4v) is 5.40. The lowest BCUT2D eigenvalue weighted by Crippen LogP contribution is -2.14. The number of nitrogens with zero attached hydrogens (tertiary/aromatic N) is 1. The summed E-state index contributed by atoms with van der Waals surface area (Å²) in [5.41, 5.74) is 2.34. The van der Waals surface area contributed by atoms with E-state index in [2.05, 4.69) is 26.7 Å². The van der Waals surface area contributed by atoms with Crippen LogP contribution in [0.2, 0.25) is 10.0 Å². The molecule has 4 nitrogen and oxygen atoms in total. The van der Waals surface area contributed by atoms with Gasteiger partial charge < -0.3 is 0 Å². The van der Waals surface area contributed by atoms with Gasteiger partial charge in [-0.25, -0.2) is 8.42 Å². The van der Waals surface area contributed by atoms with Crippen LogP contribution in [0.3, 0.4) is 0 Å². The number of rotatable bonds is 5. The smallest absolute Gasteiger partial charge is 0.263 e. The summed E-state index contributed by atoms with van der Waals surface area (Å²) < 4.78 is 28.6. The molecule has 0 aliphatic rings. The largest absolute Gasteiger partial charge is 0.279 e. The Labute approximate surface area is 188 Å². The van der Waals surface area contributed by atoms with Gasteiger partial charge in [0.25, 0.3) is 10.0 Å². The second-order valence-electron chi connectivity index (χ2n) is 6.34. The third-order valence-corrected chi connectivity index (χ3v) is 7.31. The van der Waals surface area contributed by atoms with Crippen molar-refractivity contribution in [3.05, 3.63) is 91.9 Å². The minimum atomic E-state index is -3.81. The number of nitriles is 1. The lowest BCUT2D eigenvalue weighted by molar-refractivity contribution is 0.600. The number of hydrogen-bond donors (Lipinski definition) is 1. The number of sulfonamides is 1. The molecule has 3 aromatic carbocycles. The van der Waals surface area contributed by atoms with E-state index < -0.39 is 15.9 Å². The van der Waals surface area contributed by atoms with E-state index in [1.165, 1.54) is 12.1 Å². The molecule has 0 saturated carbocycles. The Morgan fingerprint density at radius 3 is 2.34 bits per heavy atom. The predicted octanol–water partition coefficient (Wildman–Crippen LogP) is 6.52. The fourth-order valence-electron chi connectivity index (χ4n) is 2.88. The van der Waals surface area contributed by atoms with Crippen molar-refractivity contribution in [1.29, 1.82) is 5.26 Å². The van der Waals surface area contributed by atoms with Gasteiger partial charge in [-0.2, -0.15) is 5.26 Å². The van der Waals surface area contributed by atoms with Crippen molar-refractivity contribution in [3.8, 4) is 6.07 Å². The maximum absolute atomic E-state index is 12.8. The van der Waals surface area contributed by atoms with Crippen molar-refractivity contribution in [2.24, 2.45) is 0 Å². The number of aryl methyl sites for hydroxylation is 1. The summed E-state index contributed by atoms with van der Waals surface area (Å²) in [6.07, 6.45) is 0. The Bertz CT molecular complexity index is 1210. The zero-order valence-electron chi connectivity index (χ0n) is 15.2. The van der Waals surface area contributed by atoms with Gasteiger partial charge >= 0.3 is 0 Å². The summed E-state index contributed by atoms with van der Waals surface area (Å²) in [5, 5.41) is 10.6. The van der Waals surface area contributed by atoms with E-state index in [1.54, 1.807) is 55.5 Å². The molecule has 3 aromatic rings. The van der Waals surface area contributed by atoms with E-state index >= 15 is 0 Å². The molecule has 1 atom stereocenters. The molecule has 0 saturated heterocycles. The van der Waals surface area contributed by atoms with Crippen molar-refractivity contribution < 1.29 is 8.42 Å². The molecule has 1 N–H and O–H groups in total. The molecule has 0 aliphatic heterocycles.